The highest BCUT2D eigenvalue weighted by atomic mass is 16.4. The fraction of sp³-hybridized carbons (Fsp3) is 0.615. The van der Waals surface area contributed by atoms with E-state index in [0.29, 0.717) is 31.9 Å². The van der Waals surface area contributed by atoms with Crippen LogP contribution in [-0.2, 0) is 11.3 Å². The molecule has 1 fully saturated rings. The second kappa shape index (κ2) is 6.51. The number of amides is 1. The third-order valence-electron chi connectivity index (χ3n) is 3.60. The van der Waals surface area contributed by atoms with Gasteiger partial charge in [0.25, 0.3) is 5.91 Å². The summed E-state index contributed by atoms with van der Waals surface area (Å²) in [5, 5.41) is 8.77. The Morgan fingerprint density at radius 2 is 2.10 bits per heavy atom. The highest BCUT2D eigenvalue weighted by Crippen LogP contribution is 2.21. The zero-order valence-corrected chi connectivity index (χ0v) is 11.4. The van der Waals surface area contributed by atoms with Gasteiger partial charge in [0.05, 0.1) is 6.33 Å². The van der Waals surface area contributed by atoms with Crippen molar-refractivity contribution in [1.82, 2.24) is 14.5 Å². The standard InChI is InChI=1S/C13H20N4O3/c14-3-6-16-8-11(15-9-16)13(20)17-4-1-10(2-5-17)7-12(18)19/h8-10H,1-7,14H2,(H,18,19). The Balaban J connectivity index is 1.89. The molecule has 7 nitrogen and oxygen atoms in total. The average Bonchev–Trinajstić information content (AvgIpc) is 2.87. The minimum Gasteiger partial charge on any atom is -0.481 e. The first-order chi connectivity index (χ1) is 9.60. The van der Waals surface area contributed by atoms with Gasteiger partial charge in [-0.1, -0.05) is 0 Å². The van der Waals surface area contributed by atoms with Gasteiger partial charge in [-0.15, -0.1) is 0 Å². The summed E-state index contributed by atoms with van der Waals surface area (Å²) >= 11 is 0. The van der Waals surface area contributed by atoms with Crippen molar-refractivity contribution in [3.8, 4) is 0 Å². The number of carbonyl (C=O) groups excluding carboxylic acids is 1. The van der Waals surface area contributed by atoms with Crippen molar-refractivity contribution in [3.63, 3.8) is 0 Å². The first-order valence-electron chi connectivity index (χ1n) is 6.83. The number of carbonyl (C=O) groups is 2. The third-order valence-corrected chi connectivity index (χ3v) is 3.60. The molecular formula is C13H20N4O3. The van der Waals surface area contributed by atoms with Crippen LogP contribution < -0.4 is 5.73 Å². The molecule has 1 aliphatic heterocycles. The maximum Gasteiger partial charge on any atom is 0.303 e. The number of nitrogens with two attached hydrogens (primary N) is 1. The molecule has 1 amide bonds. The molecule has 0 unspecified atom stereocenters. The van der Waals surface area contributed by atoms with Gasteiger partial charge < -0.3 is 20.3 Å². The molecule has 1 saturated heterocycles. The maximum atomic E-state index is 12.2. The highest BCUT2D eigenvalue weighted by Gasteiger charge is 2.25. The van der Waals surface area contributed by atoms with Gasteiger partial charge in [-0.25, -0.2) is 4.98 Å². The first-order valence-corrected chi connectivity index (χ1v) is 6.83. The molecule has 1 aromatic rings. The number of hydrogen-bond acceptors (Lipinski definition) is 4. The summed E-state index contributed by atoms with van der Waals surface area (Å²) in [6.07, 6.45) is 4.98. The molecule has 110 valence electrons. The van der Waals surface area contributed by atoms with Crippen LogP contribution in [0.15, 0.2) is 12.5 Å². The van der Waals surface area contributed by atoms with Crippen molar-refractivity contribution in [2.24, 2.45) is 11.7 Å². The topological polar surface area (TPSA) is 101 Å². The van der Waals surface area contributed by atoms with E-state index in [9.17, 15) is 9.59 Å². The largest absolute Gasteiger partial charge is 0.481 e. The number of piperidine rings is 1. The summed E-state index contributed by atoms with van der Waals surface area (Å²) in [7, 11) is 0. The summed E-state index contributed by atoms with van der Waals surface area (Å²) in [5.74, 6) is -0.684. The van der Waals surface area contributed by atoms with Crippen molar-refractivity contribution in [2.45, 2.75) is 25.8 Å². The van der Waals surface area contributed by atoms with Crippen LogP contribution in [0, 0.1) is 5.92 Å². The Kier molecular flexibility index (Phi) is 4.73. The summed E-state index contributed by atoms with van der Waals surface area (Å²) in [6, 6.07) is 0. The molecule has 0 radical (unpaired) electrons. The molecular weight excluding hydrogens is 260 g/mol. The number of likely N-dealkylation sites (tertiary alicyclic amines) is 1. The molecule has 0 spiro atoms. The van der Waals surface area contributed by atoms with Gasteiger partial charge in [0.1, 0.15) is 5.69 Å². The summed E-state index contributed by atoms with van der Waals surface area (Å²) < 4.78 is 1.80. The second-order valence-electron chi connectivity index (χ2n) is 5.12. The monoisotopic (exact) mass is 280 g/mol. The van der Waals surface area contributed by atoms with E-state index < -0.39 is 5.97 Å². The molecule has 2 heterocycles. The van der Waals surface area contributed by atoms with E-state index in [2.05, 4.69) is 4.98 Å². The van der Waals surface area contributed by atoms with Crippen molar-refractivity contribution < 1.29 is 14.7 Å². The Morgan fingerprint density at radius 3 is 2.70 bits per heavy atom. The lowest BCUT2D eigenvalue weighted by Crippen LogP contribution is -2.39. The summed E-state index contributed by atoms with van der Waals surface area (Å²) in [6.45, 7) is 2.34. The zero-order chi connectivity index (χ0) is 14.5. The quantitative estimate of drug-likeness (QED) is 0.800. The van der Waals surface area contributed by atoms with Crippen LogP contribution in [0.4, 0.5) is 0 Å². The molecule has 0 bridgehead atoms. The normalized spacial score (nSPS) is 16.4. The Hall–Kier alpha value is -1.89. The molecule has 2 rings (SSSR count). The van der Waals surface area contributed by atoms with Crippen LogP contribution in [0.25, 0.3) is 0 Å². The number of imidazole rings is 1. The molecule has 0 aromatic carbocycles. The van der Waals surface area contributed by atoms with Gasteiger partial charge in [-0.05, 0) is 18.8 Å². The minimum absolute atomic E-state index is 0.0884. The molecule has 0 atom stereocenters. The maximum absolute atomic E-state index is 12.2. The van der Waals surface area contributed by atoms with E-state index in [1.807, 2.05) is 0 Å². The number of aliphatic carboxylic acids is 1. The van der Waals surface area contributed by atoms with E-state index in [1.54, 1.807) is 22.0 Å². The van der Waals surface area contributed by atoms with E-state index in [1.165, 1.54) is 0 Å². The molecule has 0 aliphatic carbocycles. The third kappa shape index (κ3) is 3.57. The van der Waals surface area contributed by atoms with Gasteiger partial charge >= 0.3 is 5.97 Å². The Labute approximate surface area is 117 Å². The predicted octanol–water partition coefficient (Wildman–Crippen LogP) is 0.169. The lowest BCUT2D eigenvalue weighted by atomic mass is 9.93. The van der Waals surface area contributed by atoms with E-state index >= 15 is 0 Å². The van der Waals surface area contributed by atoms with Crippen LogP contribution in [-0.4, -0.2) is 51.1 Å². The number of hydrogen-bond donors (Lipinski definition) is 2. The van der Waals surface area contributed by atoms with Crippen LogP contribution in [0.5, 0.6) is 0 Å². The van der Waals surface area contributed by atoms with Crippen molar-refractivity contribution in [3.05, 3.63) is 18.2 Å². The summed E-state index contributed by atoms with van der Waals surface area (Å²) in [4.78, 5) is 28.8. The molecule has 1 aliphatic rings. The number of carboxylic acids is 1. The average molecular weight is 280 g/mol. The number of aromatic nitrogens is 2. The fourth-order valence-electron chi connectivity index (χ4n) is 2.49. The van der Waals surface area contributed by atoms with Crippen molar-refractivity contribution in [1.29, 1.82) is 0 Å². The smallest absolute Gasteiger partial charge is 0.303 e. The van der Waals surface area contributed by atoms with Gasteiger partial charge in [0, 0.05) is 38.8 Å². The van der Waals surface area contributed by atoms with Crippen molar-refractivity contribution in [2.75, 3.05) is 19.6 Å². The van der Waals surface area contributed by atoms with Crippen LogP contribution in [0.1, 0.15) is 29.8 Å². The molecule has 1 aromatic heterocycles. The van der Waals surface area contributed by atoms with E-state index in [4.69, 9.17) is 10.8 Å². The molecule has 3 N–H and O–H groups in total. The SMILES string of the molecule is NCCn1cnc(C(=O)N2CCC(CC(=O)O)CC2)c1. The second-order valence-corrected chi connectivity index (χ2v) is 5.12. The Bertz CT molecular complexity index is 478. The predicted molar refractivity (Wildman–Crippen MR) is 72.2 cm³/mol. The Morgan fingerprint density at radius 1 is 1.40 bits per heavy atom. The van der Waals surface area contributed by atoms with E-state index in [0.717, 1.165) is 12.8 Å². The van der Waals surface area contributed by atoms with Gasteiger partial charge in [-0.2, -0.15) is 0 Å². The van der Waals surface area contributed by atoms with E-state index in [-0.39, 0.29) is 18.2 Å². The molecule has 20 heavy (non-hydrogen) atoms. The first kappa shape index (κ1) is 14.5. The van der Waals surface area contributed by atoms with Crippen LogP contribution >= 0.6 is 0 Å². The zero-order valence-electron chi connectivity index (χ0n) is 11.4. The van der Waals surface area contributed by atoms with Gasteiger partial charge in [0.2, 0.25) is 0 Å². The van der Waals surface area contributed by atoms with Gasteiger partial charge in [-0.3, -0.25) is 9.59 Å². The van der Waals surface area contributed by atoms with Gasteiger partial charge in [0.15, 0.2) is 0 Å². The number of carboxylic acid groups (broad SMARTS) is 1. The summed E-state index contributed by atoms with van der Waals surface area (Å²) in [5.41, 5.74) is 5.88. The number of nitrogens with zero attached hydrogens (tertiary/aromatic N) is 3. The molecule has 0 saturated carbocycles. The van der Waals surface area contributed by atoms with Crippen LogP contribution in [0.2, 0.25) is 0 Å². The van der Waals surface area contributed by atoms with Crippen LogP contribution in [0.3, 0.4) is 0 Å². The lowest BCUT2D eigenvalue weighted by Gasteiger charge is -2.30. The minimum atomic E-state index is -0.768. The highest BCUT2D eigenvalue weighted by molar-refractivity contribution is 5.92. The lowest BCUT2D eigenvalue weighted by molar-refractivity contribution is -0.138. The fourth-order valence-corrected chi connectivity index (χ4v) is 2.49. The van der Waals surface area contributed by atoms with Crippen molar-refractivity contribution >= 4 is 11.9 Å². The molecule has 7 heteroatoms. The number of rotatable bonds is 5.